The number of aliphatic imine (C=N–C) groups is 1. The summed E-state index contributed by atoms with van der Waals surface area (Å²) in [4.78, 5) is 9.83. The van der Waals surface area contributed by atoms with Crippen molar-refractivity contribution in [3.63, 3.8) is 0 Å². The van der Waals surface area contributed by atoms with Gasteiger partial charge in [0, 0.05) is 18.6 Å². The zero-order chi connectivity index (χ0) is 20.7. The molecule has 0 aliphatic carbocycles. The molecule has 29 heavy (non-hydrogen) atoms. The summed E-state index contributed by atoms with van der Waals surface area (Å²) in [6.07, 6.45) is 7.90. The summed E-state index contributed by atoms with van der Waals surface area (Å²) in [5, 5.41) is 17.7. The highest BCUT2D eigenvalue weighted by atomic mass is 16.4. The van der Waals surface area contributed by atoms with E-state index in [1.165, 1.54) is 45.2 Å². The van der Waals surface area contributed by atoms with E-state index in [-0.39, 0.29) is 12.1 Å². The minimum Gasteiger partial charge on any atom is -0.466 e. The maximum Gasteiger partial charge on any atom is 0.191 e. The lowest BCUT2D eigenvalue weighted by atomic mass is 9.84. The Balaban J connectivity index is 1.67. The number of aliphatic hydroxyl groups is 1. The fourth-order valence-corrected chi connectivity index (χ4v) is 4.49. The fraction of sp³-hybridized carbons (Fsp3) is 0.773. The molecule has 0 bridgehead atoms. The van der Waals surface area contributed by atoms with Gasteiger partial charge in [0.05, 0.1) is 12.8 Å². The van der Waals surface area contributed by atoms with Gasteiger partial charge in [-0.1, -0.05) is 6.42 Å². The second-order valence-electron chi connectivity index (χ2n) is 8.88. The van der Waals surface area contributed by atoms with E-state index in [0.29, 0.717) is 5.76 Å². The highest BCUT2D eigenvalue weighted by Gasteiger charge is 2.39. The number of nitrogens with zero attached hydrogens (tertiary/aromatic N) is 3. The van der Waals surface area contributed by atoms with Gasteiger partial charge in [-0.15, -0.1) is 0 Å². The third-order valence-corrected chi connectivity index (χ3v) is 6.47. The van der Waals surface area contributed by atoms with Gasteiger partial charge >= 0.3 is 0 Å². The molecule has 1 aromatic rings. The Kier molecular flexibility index (Phi) is 7.60. The molecule has 2 aliphatic heterocycles. The van der Waals surface area contributed by atoms with Crippen molar-refractivity contribution in [1.29, 1.82) is 0 Å². The number of rotatable bonds is 7. The molecule has 2 fully saturated rings. The Morgan fingerprint density at radius 3 is 2.55 bits per heavy atom. The average Bonchev–Trinajstić information content (AvgIpc) is 3.28. The summed E-state index contributed by atoms with van der Waals surface area (Å²) < 4.78 is 5.38. The smallest absolute Gasteiger partial charge is 0.191 e. The predicted molar refractivity (Wildman–Crippen MR) is 117 cm³/mol. The van der Waals surface area contributed by atoms with E-state index >= 15 is 0 Å². The minimum absolute atomic E-state index is 0.187. The molecular formula is C22H39N5O2. The topological polar surface area (TPSA) is 76.3 Å². The van der Waals surface area contributed by atoms with E-state index < -0.39 is 5.60 Å². The highest BCUT2D eigenvalue weighted by Crippen LogP contribution is 2.31. The SMILES string of the molecule is CCNC(=NCC(C)(O)c1ccco1)NCC1(N2CCCCC2)CCN(C)CC1. The monoisotopic (exact) mass is 405 g/mol. The zero-order valence-corrected chi connectivity index (χ0v) is 18.4. The van der Waals surface area contributed by atoms with Gasteiger partial charge < -0.3 is 25.1 Å². The molecule has 2 saturated heterocycles. The third kappa shape index (κ3) is 5.74. The summed E-state index contributed by atoms with van der Waals surface area (Å²) in [7, 11) is 2.22. The predicted octanol–water partition coefficient (Wildman–Crippen LogP) is 1.99. The molecule has 0 amide bonds. The molecule has 164 valence electrons. The Bertz CT molecular complexity index is 630. The quantitative estimate of drug-likeness (QED) is 0.476. The van der Waals surface area contributed by atoms with E-state index in [0.717, 1.165) is 32.1 Å². The Morgan fingerprint density at radius 2 is 1.93 bits per heavy atom. The molecule has 1 aromatic heterocycles. The average molecular weight is 406 g/mol. The zero-order valence-electron chi connectivity index (χ0n) is 18.4. The summed E-state index contributed by atoms with van der Waals surface area (Å²) in [5.74, 6) is 1.30. The van der Waals surface area contributed by atoms with Gasteiger partial charge in [0.25, 0.3) is 0 Å². The molecule has 3 heterocycles. The van der Waals surface area contributed by atoms with Crippen molar-refractivity contribution in [3.8, 4) is 0 Å². The summed E-state index contributed by atoms with van der Waals surface area (Å²) >= 11 is 0. The lowest BCUT2D eigenvalue weighted by molar-refractivity contribution is 0.0172. The van der Waals surface area contributed by atoms with E-state index in [1.807, 2.05) is 0 Å². The number of furan rings is 1. The molecule has 2 aliphatic rings. The van der Waals surface area contributed by atoms with Gasteiger partial charge in [-0.2, -0.15) is 0 Å². The van der Waals surface area contributed by atoms with E-state index in [4.69, 9.17) is 4.42 Å². The molecular weight excluding hydrogens is 366 g/mol. The molecule has 0 saturated carbocycles. The number of hydrogen-bond acceptors (Lipinski definition) is 5. The molecule has 1 unspecified atom stereocenters. The standard InChI is InChI=1S/C22H39N5O2/c1-4-23-20(24-17-21(2,28)19-9-8-16-29-19)25-18-22(10-14-26(3)15-11-22)27-12-6-5-7-13-27/h8-9,16,28H,4-7,10-15,17-18H2,1-3H3,(H2,23,24,25). The molecule has 7 heteroatoms. The van der Waals surface area contributed by atoms with Gasteiger partial charge in [-0.25, -0.2) is 4.99 Å². The summed E-state index contributed by atoms with van der Waals surface area (Å²) in [5.41, 5.74) is -0.934. The largest absolute Gasteiger partial charge is 0.466 e. The molecule has 3 rings (SSSR count). The Labute approximate surface area is 175 Å². The van der Waals surface area contributed by atoms with Gasteiger partial charge in [-0.3, -0.25) is 4.90 Å². The first-order chi connectivity index (χ1) is 14.0. The lowest BCUT2D eigenvalue weighted by Gasteiger charge is -2.50. The first kappa shape index (κ1) is 22.1. The molecule has 0 spiro atoms. The maximum atomic E-state index is 10.7. The Morgan fingerprint density at radius 1 is 1.21 bits per heavy atom. The van der Waals surface area contributed by atoms with Gasteiger partial charge in [0.2, 0.25) is 0 Å². The normalized spacial score (nSPS) is 23.5. The number of nitrogens with one attached hydrogen (secondary N) is 2. The van der Waals surface area contributed by atoms with Crippen molar-refractivity contribution in [2.45, 2.75) is 57.1 Å². The van der Waals surface area contributed by atoms with Crippen LogP contribution in [0.4, 0.5) is 0 Å². The van der Waals surface area contributed by atoms with E-state index in [1.54, 1.807) is 25.3 Å². The van der Waals surface area contributed by atoms with Crippen molar-refractivity contribution in [1.82, 2.24) is 20.4 Å². The van der Waals surface area contributed by atoms with Crippen molar-refractivity contribution in [2.24, 2.45) is 4.99 Å². The van der Waals surface area contributed by atoms with Crippen LogP contribution < -0.4 is 10.6 Å². The van der Waals surface area contributed by atoms with Crippen molar-refractivity contribution < 1.29 is 9.52 Å². The van der Waals surface area contributed by atoms with Crippen LogP contribution in [0.3, 0.4) is 0 Å². The molecule has 1 atom stereocenters. The van der Waals surface area contributed by atoms with E-state index in [9.17, 15) is 5.11 Å². The minimum atomic E-state index is -1.12. The Hall–Kier alpha value is -1.57. The van der Waals surface area contributed by atoms with Crippen LogP contribution in [0.2, 0.25) is 0 Å². The number of hydrogen-bond donors (Lipinski definition) is 3. The number of piperidine rings is 2. The second-order valence-corrected chi connectivity index (χ2v) is 8.88. The summed E-state index contributed by atoms with van der Waals surface area (Å²) in [6.45, 7) is 10.4. The third-order valence-electron chi connectivity index (χ3n) is 6.47. The van der Waals surface area contributed by atoms with Crippen LogP contribution in [0.5, 0.6) is 0 Å². The van der Waals surface area contributed by atoms with Crippen LogP contribution in [0, 0.1) is 0 Å². The van der Waals surface area contributed by atoms with Gasteiger partial charge in [0.1, 0.15) is 11.4 Å². The molecule has 0 radical (unpaired) electrons. The molecule has 3 N–H and O–H groups in total. The van der Waals surface area contributed by atoms with Gasteiger partial charge in [-0.05, 0) is 84.9 Å². The van der Waals surface area contributed by atoms with Crippen LogP contribution in [0.1, 0.15) is 51.7 Å². The number of guanidine groups is 1. The van der Waals surface area contributed by atoms with Crippen LogP contribution >= 0.6 is 0 Å². The first-order valence-electron chi connectivity index (χ1n) is 11.2. The highest BCUT2D eigenvalue weighted by molar-refractivity contribution is 5.79. The summed E-state index contributed by atoms with van der Waals surface area (Å²) in [6, 6.07) is 3.58. The van der Waals surface area contributed by atoms with Crippen LogP contribution in [-0.2, 0) is 5.60 Å². The van der Waals surface area contributed by atoms with Gasteiger partial charge in [0.15, 0.2) is 5.96 Å². The number of likely N-dealkylation sites (tertiary alicyclic amines) is 2. The first-order valence-corrected chi connectivity index (χ1v) is 11.2. The molecule has 7 nitrogen and oxygen atoms in total. The van der Waals surface area contributed by atoms with Crippen LogP contribution in [0.25, 0.3) is 0 Å². The fourth-order valence-electron chi connectivity index (χ4n) is 4.49. The molecule has 0 aromatic carbocycles. The van der Waals surface area contributed by atoms with Crippen LogP contribution in [0.15, 0.2) is 27.8 Å². The van der Waals surface area contributed by atoms with E-state index in [2.05, 4.69) is 39.4 Å². The van der Waals surface area contributed by atoms with Crippen molar-refractivity contribution >= 4 is 5.96 Å². The van der Waals surface area contributed by atoms with Crippen molar-refractivity contribution in [3.05, 3.63) is 24.2 Å². The van der Waals surface area contributed by atoms with Crippen molar-refractivity contribution in [2.75, 3.05) is 52.9 Å². The maximum absolute atomic E-state index is 10.7. The van der Waals surface area contributed by atoms with Crippen LogP contribution in [-0.4, -0.2) is 79.3 Å². The second kappa shape index (κ2) is 9.96. The lowest BCUT2D eigenvalue weighted by Crippen LogP contribution is -2.62.